The average molecular weight is 504 g/mol. The molecule has 2 bridgehead atoms. The van der Waals surface area contributed by atoms with E-state index in [1.807, 2.05) is 25.1 Å². The summed E-state index contributed by atoms with van der Waals surface area (Å²) in [5, 5.41) is 7.63. The van der Waals surface area contributed by atoms with Crippen molar-refractivity contribution in [3.63, 3.8) is 0 Å². The Morgan fingerprint density at radius 2 is 2.00 bits per heavy atom. The summed E-state index contributed by atoms with van der Waals surface area (Å²) in [5.41, 5.74) is 2.88. The molecule has 10 nitrogen and oxygen atoms in total. The second kappa shape index (κ2) is 8.11. The van der Waals surface area contributed by atoms with Gasteiger partial charge in [-0.15, -0.1) is 0 Å². The lowest BCUT2D eigenvalue weighted by atomic mass is 9.50. The highest BCUT2D eigenvalue weighted by molar-refractivity contribution is 5.99. The fraction of sp³-hybridized carbons (Fsp3) is 0.444. The molecule has 3 amide bonds. The number of urea groups is 1. The Balaban J connectivity index is 1.13. The van der Waals surface area contributed by atoms with Gasteiger partial charge < -0.3 is 24.4 Å². The smallest absolute Gasteiger partial charge is 0.322 e. The quantitative estimate of drug-likeness (QED) is 0.574. The van der Waals surface area contributed by atoms with Crippen LogP contribution >= 0.6 is 0 Å². The highest BCUT2D eigenvalue weighted by Crippen LogP contribution is 2.57. The van der Waals surface area contributed by atoms with E-state index >= 15 is 0 Å². The van der Waals surface area contributed by atoms with Crippen molar-refractivity contribution in [3.8, 4) is 17.2 Å². The molecule has 2 aliphatic heterocycles. The molecule has 0 atom stereocenters. The van der Waals surface area contributed by atoms with Gasteiger partial charge in [0.25, 0.3) is 5.91 Å². The van der Waals surface area contributed by atoms with Gasteiger partial charge in [0.2, 0.25) is 0 Å². The number of hydrogen-bond acceptors (Lipinski definition) is 6. The van der Waals surface area contributed by atoms with Crippen LogP contribution in [0.25, 0.3) is 5.52 Å². The number of aryl methyl sites for hydroxylation is 1. The maximum atomic E-state index is 13.0. The molecule has 3 saturated carbocycles. The van der Waals surface area contributed by atoms with Crippen LogP contribution in [-0.4, -0.2) is 71.4 Å². The zero-order chi connectivity index (χ0) is 25.3. The van der Waals surface area contributed by atoms with Crippen molar-refractivity contribution in [3.05, 3.63) is 47.8 Å². The number of benzene rings is 1. The Bertz CT molecular complexity index is 1410. The molecule has 0 radical (unpaired) electrons. The Labute approximate surface area is 214 Å². The minimum absolute atomic E-state index is 0.0203. The summed E-state index contributed by atoms with van der Waals surface area (Å²) in [6.07, 6.45) is 6.78. The third-order valence-corrected chi connectivity index (χ3v) is 8.27. The SMILES string of the molecule is COC1CN(C(=O)c2cn3nccc(Oc4ccc5c(c4)OCCN5C(=O)NC45CC(C4)C5)c3c2C)C1. The van der Waals surface area contributed by atoms with E-state index < -0.39 is 0 Å². The van der Waals surface area contributed by atoms with E-state index in [0.717, 1.165) is 41.9 Å². The number of aromatic nitrogens is 2. The Morgan fingerprint density at radius 3 is 2.73 bits per heavy atom. The Morgan fingerprint density at radius 1 is 1.19 bits per heavy atom. The lowest BCUT2D eigenvalue weighted by Crippen LogP contribution is -2.69. The van der Waals surface area contributed by atoms with Gasteiger partial charge in [-0.2, -0.15) is 5.10 Å². The summed E-state index contributed by atoms with van der Waals surface area (Å²) in [4.78, 5) is 29.6. The summed E-state index contributed by atoms with van der Waals surface area (Å²) < 4.78 is 19.1. The number of carbonyl (C=O) groups excluding carboxylic acids is 2. The topological polar surface area (TPSA) is 97.6 Å². The van der Waals surface area contributed by atoms with Crippen LogP contribution in [0, 0.1) is 12.8 Å². The molecule has 2 aromatic heterocycles. The molecule has 4 fully saturated rings. The van der Waals surface area contributed by atoms with Gasteiger partial charge in [-0.3, -0.25) is 9.69 Å². The predicted molar refractivity (Wildman–Crippen MR) is 135 cm³/mol. The van der Waals surface area contributed by atoms with Crippen molar-refractivity contribution in [2.75, 3.05) is 38.3 Å². The minimum atomic E-state index is -0.0627. The highest BCUT2D eigenvalue weighted by atomic mass is 16.5. The first-order chi connectivity index (χ1) is 17.9. The minimum Gasteiger partial charge on any atom is -0.489 e. The van der Waals surface area contributed by atoms with E-state index in [9.17, 15) is 9.59 Å². The van der Waals surface area contributed by atoms with Gasteiger partial charge in [0.15, 0.2) is 5.75 Å². The van der Waals surface area contributed by atoms with Gasteiger partial charge in [0, 0.05) is 44.1 Å². The number of nitrogens with zero attached hydrogens (tertiary/aromatic N) is 4. The monoisotopic (exact) mass is 503 g/mol. The molecule has 0 spiro atoms. The number of fused-ring (bicyclic) bond motifs is 2. The van der Waals surface area contributed by atoms with Crippen LogP contribution in [0.2, 0.25) is 0 Å². The first-order valence-corrected chi connectivity index (χ1v) is 12.8. The standard InChI is InChI=1S/C27H29N5O5/c1-16-20(25(33)30-13-19(14-30)35-2)15-32-24(16)22(5-6-28-32)37-18-3-4-21-23(9-18)36-8-7-31(21)26(34)29-27-10-17(11-27)12-27/h3-6,9,15,17,19H,7-8,10-14H2,1-2H3,(H,29,34). The summed E-state index contributed by atoms with van der Waals surface area (Å²) in [5.74, 6) is 2.53. The van der Waals surface area contributed by atoms with E-state index in [2.05, 4.69) is 10.4 Å². The van der Waals surface area contributed by atoms with E-state index in [4.69, 9.17) is 14.2 Å². The fourth-order valence-corrected chi connectivity index (χ4v) is 5.97. The molecule has 4 heterocycles. The van der Waals surface area contributed by atoms with E-state index in [1.54, 1.807) is 39.9 Å². The average Bonchev–Trinajstić information content (AvgIpc) is 3.16. The number of anilines is 1. The highest BCUT2D eigenvalue weighted by Gasteiger charge is 2.57. The summed E-state index contributed by atoms with van der Waals surface area (Å²) in [7, 11) is 1.66. The van der Waals surface area contributed by atoms with Gasteiger partial charge in [-0.25, -0.2) is 9.31 Å². The molecule has 1 saturated heterocycles. The molecule has 1 aromatic carbocycles. The number of nitrogens with one attached hydrogen (secondary N) is 1. The maximum Gasteiger partial charge on any atom is 0.322 e. The van der Waals surface area contributed by atoms with Crippen molar-refractivity contribution >= 4 is 23.1 Å². The van der Waals surface area contributed by atoms with Gasteiger partial charge in [0.1, 0.15) is 23.6 Å². The fourth-order valence-electron chi connectivity index (χ4n) is 5.97. The van der Waals surface area contributed by atoms with Crippen LogP contribution in [0.3, 0.4) is 0 Å². The van der Waals surface area contributed by atoms with Crippen molar-refractivity contribution in [1.82, 2.24) is 19.8 Å². The molecule has 37 heavy (non-hydrogen) atoms. The third-order valence-electron chi connectivity index (χ3n) is 8.27. The molecule has 3 aromatic rings. The van der Waals surface area contributed by atoms with Crippen LogP contribution < -0.4 is 19.7 Å². The molecule has 3 aliphatic carbocycles. The third kappa shape index (κ3) is 3.53. The van der Waals surface area contributed by atoms with Crippen LogP contribution in [0.5, 0.6) is 17.2 Å². The lowest BCUT2D eigenvalue weighted by Gasteiger charge is -2.62. The number of methoxy groups -OCH3 is 1. The zero-order valence-electron chi connectivity index (χ0n) is 20.9. The van der Waals surface area contributed by atoms with Gasteiger partial charge >= 0.3 is 6.03 Å². The first kappa shape index (κ1) is 22.4. The van der Waals surface area contributed by atoms with Gasteiger partial charge in [-0.05, 0) is 49.8 Å². The number of carbonyl (C=O) groups is 2. The normalized spacial score (nSPS) is 23.9. The molecular weight excluding hydrogens is 474 g/mol. The number of amides is 3. The predicted octanol–water partition coefficient (Wildman–Crippen LogP) is 3.37. The largest absolute Gasteiger partial charge is 0.489 e. The zero-order valence-corrected chi connectivity index (χ0v) is 20.9. The number of hydrogen-bond donors (Lipinski definition) is 1. The molecule has 192 valence electrons. The second-order valence-electron chi connectivity index (χ2n) is 10.6. The van der Waals surface area contributed by atoms with Crippen molar-refractivity contribution < 1.29 is 23.8 Å². The van der Waals surface area contributed by atoms with Crippen LogP contribution in [0.4, 0.5) is 10.5 Å². The van der Waals surface area contributed by atoms with E-state index in [0.29, 0.717) is 49.1 Å². The van der Waals surface area contributed by atoms with Crippen molar-refractivity contribution in [1.29, 1.82) is 0 Å². The first-order valence-electron chi connectivity index (χ1n) is 12.8. The summed E-state index contributed by atoms with van der Waals surface area (Å²) in [6.45, 7) is 4.00. The van der Waals surface area contributed by atoms with Gasteiger partial charge in [-0.1, -0.05) is 0 Å². The lowest BCUT2D eigenvalue weighted by molar-refractivity contribution is -0.0397. The molecule has 8 rings (SSSR count). The van der Waals surface area contributed by atoms with Gasteiger partial charge in [0.05, 0.1) is 30.1 Å². The van der Waals surface area contributed by atoms with Crippen LogP contribution in [0.1, 0.15) is 35.2 Å². The van der Waals surface area contributed by atoms with Crippen LogP contribution in [-0.2, 0) is 4.74 Å². The number of likely N-dealkylation sites (tertiary alicyclic amines) is 1. The van der Waals surface area contributed by atoms with Crippen molar-refractivity contribution in [2.24, 2.45) is 5.92 Å². The molecule has 10 heteroatoms. The Hall–Kier alpha value is -3.79. The molecular formula is C27H29N5O5. The molecule has 1 N–H and O–H groups in total. The summed E-state index contributed by atoms with van der Waals surface area (Å²) >= 11 is 0. The maximum absolute atomic E-state index is 13.0. The van der Waals surface area contributed by atoms with Crippen LogP contribution in [0.15, 0.2) is 36.7 Å². The van der Waals surface area contributed by atoms with Crippen molar-refractivity contribution in [2.45, 2.75) is 37.8 Å². The Kier molecular flexibility index (Phi) is 4.91. The molecule has 0 unspecified atom stereocenters. The summed E-state index contributed by atoms with van der Waals surface area (Å²) in [6, 6.07) is 7.22. The number of ether oxygens (including phenoxy) is 3. The number of rotatable bonds is 5. The molecule has 5 aliphatic rings. The van der Waals surface area contributed by atoms with E-state index in [1.165, 1.54) is 0 Å². The second-order valence-corrected chi connectivity index (χ2v) is 10.6. The van der Waals surface area contributed by atoms with E-state index in [-0.39, 0.29) is 23.6 Å².